The van der Waals surface area contributed by atoms with Crippen LogP contribution >= 0.6 is 11.6 Å². The van der Waals surface area contributed by atoms with Crippen LogP contribution in [0.25, 0.3) is 21.9 Å². The first-order chi connectivity index (χ1) is 16.3. The third-order valence-corrected chi connectivity index (χ3v) is 5.66. The minimum atomic E-state index is -0.826. The van der Waals surface area contributed by atoms with Crippen LogP contribution in [0.3, 0.4) is 0 Å². The normalized spacial score (nSPS) is 10.8. The lowest BCUT2D eigenvalue weighted by Gasteiger charge is -2.17. The van der Waals surface area contributed by atoms with Crippen LogP contribution in [0.2, 0.25) is 5.02 Å². The Morgan fingerprint density at radius 3 is 2.38 bits per heavy atom. The van der Waals surface area contributed by atoms with E-state index >= 15 is 0 Å². The number of pyridine rings is 1. The third kappa shape index (κ3) is 4.56. The van der Waals surface area contributed by atoms with Crippen LogP contribution in [-0.2, 0) is 16.6 Å². The Morgan fingerprint density at radius 1 is 1.03 bits per heavy atom. The number of anilines is 1. The van der Waals surface area contributed by atoms with E-state index in [2.05, 4.69) is 5.32 Å². The van der Waals surface area contributed by atoms with Crippen LogP contribution in [0.4, 0.5) is 10.1 Å². The average Bonchev–Trinajstić information content (AvgIpc) is 2.83. The van der Waals surface area contributed by atoms with E-state index in [4.69, 9.17) is 16.3 Å². The van der Waals surface area contributed by atoms with Crippen LogP contribution in [-0.4, -0.2) is 23.1 Å². The van der Waals surface area contributed by atoms with Crippen molar-refractivity contribution in [1.29, 1.82) is 0 Å². The summed E-state index contributed by atoms with van der Waals surface area (Å²) in [4.78, 5) is 38.4. The Balaban J connectivity index is 1.68. The summed E-state index contributed by atoms with van der Waals surface area (Å²) >= 11 is 5.73. The van der Waals surface area contributed by atoms with Crippen molar-refractivity contribution in [2.45, 2.75) is 6.92 Å². The SMILES string of the molecule is Cc1ccc(-c2c(C(=O)OCC(=O)Nc3ccc(F)c(Cl)c3)n(C)c(=O)c3ccccc23)cc1. The highest BCUT2D eigenvalue weighted by atomic mass is 35.5. The van der Waals surface area contributed by atoms with Crippen LogP contribution < -0.4 is 10.9 Å². The molecule has 0 aliphatic carbocycles. The predicted molar refractivity (Wildman–Crippen MR) is 130 cm³/mol. The van der Waals surface area contributed by atoms with Crippen molar-refractivity contribution < 1.29 is 18.7 Å². The van der Waals surface area contributed by atoms with Gasteiger partial charge in [0.05, 0.1) is 5.02 Å². The molecule has 0 fully saturated rings. The zero-order chi connectivity index (χ0) is 24.4. The topological polar surface area (TPSA) is 77.4 Å². The molecule has 1 heterocycles. The monoisotopic (exact) mass is 478 g/mol. The molecule has 0 bridgehead atoms. The quantitative estimate of drug-likeness (QED) is 0.405. The summed E-state index contributed by atoms with van der Waals surface area (Å²) < 4.78 is 19.8. The smallest absolute Gasteiger partial charge is 0.356 e. The van der Waals surface area contributed by atoms with Crippen molar-refractivity contribution in [2.75, 3.05) is 11.9 Å². The first-order valence-corrected chi connectivity index (χ1v) is 10.7. The van der Waals surface area contributed by atoms with E-state index in [1.165, 1.54) is 23.7 Å². The lowest BCUT2D eigenvalue weighted by molar-refractivity contribution is -0.119. The summed E-state index contributed by atoms with van der Waals surface area (Å²) in [6.45, 7) is 1.34. The van der Waals surface area contributed by atoms with Gasteiger partial charge >= 0.3 is 5.97 Å². The molecule has 0 radical (unpaired) electrons. The van der Waals surface area contributed by atoms with Crippen molar-refractivity contribution >= 4 is 39.9 Å². The number of rotatable bonds is 5. The summed E-state index contributed by atoms with van der Waals surface area (Å²) in [7, 11) is 1.49. The van der Waals surface area contributed by atoms with Gasteiger partial charge in [-0.3, -0.25) is 9.59 Å². The number of aromatic nitrogens is 1. The number of esters is 1. The summed E-state index contributed by atoms with van der Waals surface area (Å²) in [5, 5.41) is 3.40. The number of carbonyl (C=O) groups excluding carboxylic acids is 2. The summed E-state index contributed by atoms with van der Waals surface area (Å²) in [6, 6.07) is 18.3. The van der Waals surface area contributed by atoms with Crippen LogP contribution in [0.15, 0.2) is 71.5 Å². The molecule has 0 saturated heterocycles. The molecule has 172 valence electrons. The Hall–Kier alpha value is -3.97. The molecular formula is C26H20ClFN2O4. The number of aryl methyl sites for hydroxylation is 1. The predicted octanol–water partition coefficient (Wildman–Crippen LogP) is 5.10. The number of ether oxygens (including phenoxy) is 1. The fourth-order valence-electron chi connectivity index (χ4n) is 3.69. The first-order valence-electron chi connectivity index (χ1n) is 10.4. The molecule has 0 spiro atoms. The zero-order valence-electron chi connectivity index (χ0n) is 18.4. The van der Waals surface area contributed by atoms with E-state index in [0.717, 1.165) is 17.2 Å². The summed E-state index contributed by atoms with van der Waals surface area (Å²) in [5.74, 6) is -2.08. The number of halogens is 2. The fraction of sp³-hybridized carbons (Fsp3) is 0.115. The van der Waals surface area contributed by atoms with Gasteiger partial charge in [-0.2, -0.15) is 0 Å². The Bertz CT molecular complexity index is 1480. The Morgan fingerprint density at radius 2 is 1.71 bits per heavy atom. The molecule has 8 heteroatoms. The molecule has 0 unspecified atom stereocenters. The third-order valence-electron chi connectivity index (χ3n) is 5.37. The lowest BCUT2D eigenvalue weighted by Crippen LogP contribution is -2.28. The molecular weight excluding hydrogens is 459 g/mol. The van der Waals surface area contributed by atoms with Gasteiger partial charge in [-0.15, -0.1) is 0 Å². The molecule has 0 aliphatic rings. The zero-order valence-corrected chi connectivity index (χ0v) is 19.2. The number of amides is 1. The van der Waals surface area contributed by atoms with E-state index in [1.54, 1.807) is 24.3 Å². The number of hydrogen-bond donors (Lipinski definition) is 1. The van der Waals surface area contributed by atoms with Gasteiger partial charge in [0, 0.05) is 23.7 Å². The van der Waals surface area contributed by atoms with Gasteiger partial charge in [-0.05, 0) is 42.1 Å². The molecule has 1 N–H and O–H groups in total. The van der Waals surface area contributed by atoms with Crippen molar-refractivity contribution in [3.8, 4) is 11.1 Å². The van der Waals surface area contributed by atoms with Gasteiger partial charge in [-0.25, -0.2) is 9.18 Å². The van der Waals surface area contributed by atoms with E-state index < -0.39 is 24.3 Å². The number of nitrogens with one attached hydrogen (secondary N) is 1. The van der Waals surface area contributed by atoms with Gasteiger partial charge in [-0.1, -0.05) is 59.6 Å². The Labute approximate surface area is 199 Å². The highest BCUT2D eigenvalue weighted by Crippen LogP contribution is 2.31. The largest absolute Gasteiger partial charge is 0.451 e. The maximum absolute atomic E-state index is 13.3. The van der Waals surface area contributed by atoms with E-state index in [-0.39, 0.29) is 22.0 Å². The van der Waals surface area contributed by atoms with Gasteiger partial charge < -0.3 is 14.6 Å². The highest BCUT2D eigenvalue weighted by Gasteiger charge is 2.23. The molecule has 0 aliphatic heterocycles. The molecule has 1 amide bonds. The van der Waals surface area contributed by atoms with Crippen molar-refractivity contribution in [3.05, 3.63) is 99.2 Å². The lowest BCUT2D eigenvalue weighted by atomic mass is 9.96. The van der Waals surface area contributed by atoms with Crippen molar-refractivity contribution in [1.82, 2.24) is 4.57 Å². The van der Waals surface area contributed by atoms with E-state index in [9.17, 15) is 18.8 Å². The highest BCUT2D eigenvalue weighted by molar-refractivity contribution is 6.31. The second kappa shape index (κ2) is 9.49. The minimum Gasteiger partial charge on any atom is -0.451 e. The Kier molecular flexibility index (Phi) is 6.47. The number of fused-ring (bicyclic) bond motifs is 1. The average molecular weight is 479 g/mol. The number of carbonyl (C=O) groups is 2. The number of benzene rings is 3. The number of nitrogens with zero attached hydrogens (tertiary/aromatic N) is 1. The fourth-order valence-corrected chi connectivity index (χ4v) is 3.87. The molecule has 1 aromatic heterocycles. The molecule has 6 nitrogen and oxygen atoms in total. The second-order valence-electron chi connectivity index (χ2n) is 7.75. The second-order valence-corrected chi connectivity index (χ2v) is 8.16. The maximum Gasteiger partial charge on any atom is 0.356 e. The molecule has 4 aromatic rings. The van der Waals surface area contributed by atoms with Crippen molar-refractivity contribution in [2.24, 2.45) is 7.05 Å². The molecule has 0 saturated carbocycles. The number of hydrogen-bond acceptors (Lipinski definition) is 4. The van der Waals surface area contributed by atoms with E-state index in [1.807, 2.05) is 31.2 Å². The maximum atomic E-state index is 13.3. The van der Waals surface area contributed by atoms with E-state index in [0.29, 0.717) is 16.3 Å². The van der Waals surface area contributed by atoms with Crippen LogP contribution in [0, 0.1) is 12.7 Å². The van der Waals surface area contributed by atoms with Gasteiger partial charge in [0.2, 0.25) is 0 Å². The summed E-state index contributed by atoms with van der Waals surface area (Å²) in [5.41, 5.74) is 2.24. The molecule has 3 aromatic carbocycles. The molecule has 0 atom stereocenters. The van der Waals surface area contributed by atoms with Gasteiger partial charge in [0.15, 0.2) is 6.61 Å². The first kappa shape index (κ1) is 23.2. The molecule has 34 heavy (non-hydrogen) atoms. The van der Waals surface area contributed by atoms with Gasteiger partial charge in [0.1, 0.15) is 11.5 Å². The molecule has 4 rings (SSSR count). The summed E-state index contributed by atoms with van der Waals surface area (Å²) in [6.07, 6.45) is 0. The van der Waals surface area contributed by atoms with Crippen LogP contribution in [0.1, 0.15) is 16.1 Å². The standard InChI is InChI=1S/C26H20ClFN2O4/c1-15-7-9-16(10-8-15)23-18-5-3-4-6-19(18)25(32)30(2)24(23)26(33)34-14-22(31)29-17-11-12-21(28)20(27)13-17/h3-13H,14H2,1-2H3,(H,29,31). The van der Waals surface area contributed by atoms with Gasteiger partial charge in [0.25, 0.3) is 11.5 Å². The van der Waals surface area contributed by atoms with Crippen LogP contribution in [0.5, 0.6) is 0 Å². The minimum absolute atomic E-state index is 0.0326. The van der Waals surface area contributed by atoms with Crippen molar-refractivity contribution in [3.63, 3.8) is 0 Å².